The fourth-order valence-corrected chi connectivity index (χ4v) is 5.57. The van der Waals surface area contributed by atoms with Crippen molar-refractivity contribution in [3.63, 3.8) is 0 Å². The number of hydrogen-bond donors (Lipinski definition) is 2. The standard InChI is InChI=1S/C25H33ClF2N4O2/c1-2-10-32(11-4-3-5-17-12-19(26)13-18-15-30-31-22(17)18)21(33)16-29-23(34)20-14-24(20)6-8-25(27,28)9-7-24/h12-13,15,20H,2-11,14,16H2,1H3,(H,29,34)(H,30,31). The first kappa shape index (κ1) is 24.9. The van der Waals surface area contributed by atoms with Crippen LogP contribution in [0.3, 0.4) is 0 Å². The zero-order valence-electron chi connectivity index (χ0n) is 19.6. The number of fused-ring (bicyclic) bond motifs is 1. The molecule has 0 saturated heterocycles. The molecular formula is C25H33ClF2N4O2. The lowest BCUT2D eigenvalue weighted by atomic mass is 9.82. The van der Waals surface area contributed by atoms with E-state index in [9.17, 15) is 18.4 Å². The van der Waals surface area contributed by atoms with Crippen molar-refractivity contribution >= 4 is 34.3 Å². The van der Waals surface area contributed by atoms with Gasteiger partial charge in [-0.2, -0.15) is 5.10 Å². The maximum Gasteiger partial charge on any atom is 0.248 e. The highest BCUT2D eigenvalue weighted by atomic mass is 35.5. The Kier molecular flexibility index (Phi) is 7.45. The van der Waals surface area contributed by atoms with E-state index in [1.54, 1.807) is 11.1 Å². The van der Waals surface area contributed by atoms with Crippen molar-refractivity contribution in [2.45, 2.75) is 70.6 Å². The molecular weight excluding hydrogens is 462 g/mol. The summed E-state index contributed by atoms with van der Waals surface area (Å²) in [6.07, 6.45) is 6.32. The van der Waals surface area contributed by atoms with Gasteiger partial charge in [0.05, 0.1) is 18.3 Å². The van der Waals surface area contributed by atoms with Crippen LogP contribution in [0.4, 0.5) is 8.78 Å². The highest BCUT2D eigenvalue weighted by molar-refractivity contribution is 6.31. The topological polar surface area (TPSA) is 78.1 Å². The molecule has 2 aromatic rings. The van der Waals surface area contributed by atoms with Crippen LogP contribution in [0.15, 0.2) is 18.3 Å². The summed E-state index contributed by atoms with van der Waals surface area (Å²) in [7, 11) is 0. The molecule has 2 aliphatic carbocycles. The SMILES string of the molecule is CCCN(CCCCc1cc(Cl)cc2cn[nH]c12)C(=O)CNC(=O)C1CC12CCC(F)(F)CC2. The van der Waals surface area contributed by atoms with E-state index in [0.29, 0.717) is 37.4 Å². The summed E-state index contributed by atoms with van der Waals surface area (Å²) in [5.41, 5.74) is 1.84. The third-order valence-corrected chi connectivity index (χ3v) is 7.68. The number of carbonyl (C=O) groups excluding carboxylic acids is 2. The van der Waals surface area contributed by atoms with E-state index in [-0.39, 0.29) is 42.5 Å². The van der Waals surface area contributed by atoms with E-state index in [2.05, 4.69) is 15.5 Å². The number of carbonyl (C=O) groups is 2. The lowest BCUT2D eigenvalue weighted by Gasteiger charge is -2.29. The van der Waals surface area contributed by atoms with Crippen LogP contribution in [0.5, 0.6) is 0 Å². The molecule has 2 aliphatic rings. The molecule has 1 aromatic heterocycles. The van der Waals surface area contributed by atoms with Gasteiger partial charge in [0, 0.05) is 42.3 Å². The van der Waals surface area contributed by atoms with E-state index in [1.165, 1.54) is 0 Å². The molecule has 0 radical (unpaired) electrons. The molecule has 186 valence electrons. The Morgan fingerprint density at radius 1 is 1.21 bits per heavy atom. The number of aromatic amines is 1. The largest absolute Gasteiger partial charge is 0.347 e. The molecule has 1 spiro atoms. The summed E-state index contributed by atoms with van der Waals surface area (Å²) in [6, 6.07) is 3.83. The maximum atomic E-state index is 13.5. The highest BCUT2D eigenvalue weighted by Gasteiger charge is 2.60. The predicted molar refractivity (Wildman–Crippen MR) is 128 cm³/mol. The second kappa shape index (κ2) is 10.2. The van der Waals surface area contributed by atoms with E-state index in [0.717, 1.165) is 42.1 Å². The van der Waals surface area contributed by atoms with Gasteiger partial charge < -0.3 is 10.2 Å². The third-order valence-electron chi connectivity index (χ3n) is 7.46. The summed E-state index contributed by atoms with van der Waals surface area (Å²) < 4.78 is 26.9. The van der Waals surface area contributed by atoms with Gasteiger partial charge in [0.1, 0.15) is 0 Å². The van der Waals surface area contributed by atoms with Crippen molar-refractivity contribution in [3.8, 4) is 0 Å². The van der Waals surface area contributed by atoms with Crippen LogP contribution in [-0.4, -0.2) is 52.5 Å². The van der Waals surface area contributed by atoms with Gasteiger partial charge in [0.2, 0.25) is 17.7 Å². The molecule has 6 nitrogen and oxygen atoms in total. The van der Waals surface area contributed by atoms with Crippen LogP contribution in [0.1, 0.15) is 63.9 Å². The maximum absolute atomic E-state index is 13.5. The number of hydrogen-bond acceptors (Lipinski definition) is 3. The Morgan fingerprint density at radius 3 is 2.71 bits per heavy atom. The number of alkyl halides is 2. The van der Waals surface area contributed by atoms with Crippen LogP contribution in [0.2, 0.25) is 5.02 Å². The second-order valence-corrected chi connectivity index (χ2v) is 10.4. The number of unbranched alkanes of at least 4 members (excludes halogenated alkanes) is 1. The molecule has 1 heterocycles. The van der Waals surface area contributed by atoms with Crippen LogP contribution in [0.25, 0.3) is 10.9 Å². The number of benzene rings is 1. The summed E-state index contributed by atoms with van der Waals surface area (Å²) in [4.78, 5) is 27.1. The smallest absolute Gasteiger partial charge is 0.248 e. The lowest BCUT2D eigenvalue weighted by Crippen LogP contribution is -2.42. The van der Waals surface area contributed by atoms with Gasteiger partial charge in [-0.1, -0.05) is 18.5 Å². The van der Waals surface area contributed by atoms with Crippen molar-refractivity contribution in [1.82, 2.24) is 20.4 Å². The van der Waals surface area contributed by atoms with Crippen LogP contribution in [0, 0.1) is 11.3 Å². The van der Waals surface area contributed by atoms with Crippen LogP contribution >= 0.6 is 11.6 Å². The Bertz CT molecular complexity index is 1030. The average Bonchev–Trinajstić information content (AvgIpc) is 3.31. The Labute approximate surface area is 203 Å². The molecule has 0 bridgehead atoms. The number of nitrogens with one attached hydrogen (secondary N) is 2. The van der Waals surface area contributed by atoms with E-state index in [1.807, 2.05) is 19.1 Å². The summed E-state index contributed by atoms with van der Waals surface area (Å²) in [6.45, 7) is 3.24. The monoisotopic (exact) mass is 494 g/mol. The molecule has 1 aromatic carbocycles. The van der Waals surface area contributed by atoms with Crippen LogP contribution < -0.4 is 5.32 Å². The first-order valence-electron chi connectivity index (χ1n) is 12.3. The number of halogens is 3. The van der Waals surface area contributed by atoms with Gasteiger partial charge in [-0.25, -0.2) is 8.78 Å². The number of H-pyrrole nitrogens is 1. The molecule has 34 heavy (non-hydrogen) atoms. The van der Waals surface area contributed by atoms with Gasteiger partial charge in [0.15, 0.2) is 0 Å². The average molecular weight is 495 g/mol. The minimum atomic E-state index is -2.59. The first-order chi connectivity index (χ1) is 16.2. The summed E-state index contributed by atoms with van der Waals surface area (Å²) >= 11 is 6.21. The molecule has 1 unspecified atom stereocenters. The summed E-state index contributed by atoms with van der Waals surface area (Å²) in [5, 5.41) is 11.5. The van der Waals surface area contributed by atoms with Crippen molar-refractivity contribution in [2.24, 2.45) is 11.3 Å². The van der Waals surface area contributed by atoms with E-state index in [4.69, 9.17) is 11.6 Å². The van der Waals surface area contributed by atoms with E-state index >= 15 is 0 Å². The number of aryl methyl sites for hydroxylation is 1. The number of nitrogens with zero attached hydrogens (tertiary/aromatic N) is 2. The molecule has 9 heteroatoms. The van der Waals surface area contributed by atoms with Crippen molar-refractivity contribution in [1.29, 1.82) is 0 Å². The Balaban J connectivity index is 1.21. The number of amides is 2. The van der Waals surface area contributed by atoms with E-state index < -0.39 is 5.92 Å². The highest BCUT2D eigenvalue weighted by Crippen LogP contribution is 2.63. The number of aromatic nitrogens is 2. The third kappa shape index (κ3) is 5.70. The zero-order chi connectivity index (χ0) is 24.3. The predicted octanol–water partition coefficient (Wildman–Crippen LogP) is 5.11. The molecule has 2 N–H and O–H groups in total. The molecule has 2 amide bonds. The van der Waals surface area contributed by atoms with Crippen molar-refractivity contribution in [3.05, 3.63) is 28.9 Å². The zero-order valence-corrected chi connectivity index (χ0v) is 20.4. The van der Waals surface area contributed by atoms with Gasteiger partial charge in [0.25, 0.3) is 0 Å². The molecule has 2 fully saturated rings. The van der Waals surface area contributed by atoms with Crippen molar-refractivity contribution in [2.75, 3.05) is 19.6 Å². The van der Waals surface area contributed by atoms with Crippen LogP contribution in [-0.2, 0) is 16.0 Å². The lowest BCUT2D eigenvalue weighted by molar-refractivity contribution is -0.133. The second-order valence-electron chi connectivity index (χ2n) is 9.93. The molecule has 1 atom stereocenters. The van der Waals surface area contributed by atoms with Gasteiger partial charge in [-0.15, -0.1) is 0 Å². The van der Waals surface area contributed by atoms with Gasteiger partial charge in [-0.05, 0) is 68.1 Å². The fourth-order valence-electron chi connectivity index (χ4n) is 5.32. The fraction of sp³-hybridized carbons (Fsp3) is 0.640. The van der Waals surface area contributed by atoms with Crippen molar-refractivity contribution < 1.29 is 18.4 Å². The van der Waals surface area contributed by atoms with Gasteiger partial charge in [-0.3, -0.25) is 14.7 Å². The molecule has 2 saturated carbocycles. The summed E-state index contributed by atoms with van der Waals surface area (Å²) in [5.74, 6) is -3.09. The Morgan fingerprint density at radius 2 is 1.97 bits per heavy atom. The quantitative estimate of drug-likeness (QED) is 0.450. The molecule has 4 rings (SSSR count). The normalized spacial score (nSPS) is 20.4. The minimum Gasteiger partial charge on any atom is -0.347 e. The molecule has 0 aliphatic heterocycles. The first-order valence-corrected chi connectivity index (χ1v) is 12.7. The minimum absolute atomic E-state index is 0.0371. The van der Waals surface area contributed by atoms with Gasteiger partial charge >= 0.3 is 0 Å². The Hall–Kier alpha value is -2.22. The number of rotatable bonds is 10.